The van der Waals surface area contributed by atoms with Gasteiger partial charge in [0, 0.05) is 12.3 Å². The van der Waals surface area contributed by atoms with Gasteiger partial charge >= 0.3 is 0 Å². The zero-order chi connectivity index (χ0) is 14.8. The summed E-state index contributed by atoms with van der Waals surface area (Å²) < 4.78 is 28.2. The van der Waals surface area contributed by atoms with Crippen molar-refractivity contribution in [2.45, 2.75) is 39.0 Å². The highest BCUT2D eigenvalue weighted by molar-refractivity contribution is 7.91. The fourth-order valence-electron chi connectivity index (χ4n) is 2.69. The van der Waals surface area contributed by atoms with E-state index in [4.69, 9.17) is 10.3 Å². The fourth-order valence-corrected chi connectivity index (χ4v) is 4.43. The summed E-state index contributed by atoms with van der Waals surface area (Å²) in [5.41, 5.74) is 5.76. The number of sulfone groups is 1. The van der Waals surface area contributed by atoms with Gasteiger partial charge in [-0.05, 0) is 31.2 Å². The van der Waals surface area contributed by atoms with Gasteiger partial charge < -0.3 is 10.3 Å². The van der Waals surface area contributed by atoms with Crippen LogP contribution in [-0.2, 0) is 16.3 Å². The monoisotopic (exact) mass is 301 g/mol. The molecule has 0 saturated carbocycles. The van der Waals surface area contributed by atoms with Crippen molar-refractivity contribution in [2.24, 2.45) is 17.6 Å². The lowest BCUT2D eigenvalue weighted by Crippen LogP contribution is -2.19. The molecule has 0 bridgehead atoms. The Labute approximate surface area is 120 Å². The summed E-state index contributed by atoms with van der Waals surface area (Å²) in [6.45, 7) is 4.91. The number of nitrogens with two attached hydrogens (primary N) is 1. The van der Waals surface area contributed by atoms with E-state index < -0.39 is 9.84 Å². The van der Waals surface area contributed by atoms with Crippen LogP contribution in [0, 0.1) is 11.8 Å². The Morgan fingerprint density at radius 3 is 2.75 bits per heavy atom. The molecule has 1 fully saturated rings. The summed E-state index contributed by atoms with van der Waals surface area (Å²) >= 11 is 0. The number of hydrogen-bond donors (Lipinski definition) is 1. The fraction of sp³-hybridized carbons (Fsp3) is 0.846. The summed E-state index contributed by atoms with van der Waals surface area (Å²) in [4.78, 5) is 4.36. The standard InChI is InChI=1S/C13H23N3O3S/c1-9(2)5-10(7-14)6-12-15-13(16-19-12)11-3-4-20(17,18)8-11/h9-11H,3-8,14H2,1-2H3. The molecule has 20 heavy (non-hydrogen) atoms. The first-order chi connectivity index (χ1) is 9.39. The van der Waals surface area contributed by atoms with Crippen molar-refractivity contribution >= 4 is 9.84 Å². The average Bonchev–Trinajstić information content (AvgIpc) is 2.94. The van der Waals surface area contributed by atoms with Crippen LogP contribution in [0.15, 0.2) is 4.52 Å². The van der Waals surface area contributed by atoms with E-state index in [0.717, 1.165) is 6.42 Å². The molecule has 0 aromatic carbocycles. The van der Waals surface area contributed by atoms with Crippen LogP contribution < -0.4 is 5.73 Å². The van der Waals surface area contributed by atoms with Crippen LogP contribution in [-0.4, -0.2) is 36.6 Å². The molecule has 2 atom stereocenters. The third kappa shape index (κ3) is 4.02. The van der Waals surface area contributed by atoms with Crippen molar-refractivity contribution in [3.05, 3.63) is 11.7 Å². The van der Waals surface area contributed by atoms with Crippen molar-refractivity contribution in [1.29, 1.82) is 0 Å². The van der Waals surface area contributed by atoms with Crippen LogP contribution in [0.5, 0.6) is 0 Å². The Morgan fingerprint density at radius 1 is 1.45 bits per heavy atom. The molecule has 0 aliphatic carbocycles. The predicted molar refractivity (Wildman–Crippen MR) is 76.0 cm³/mol. The Balaban J connectivity index is 1.98. The van der Waals surface area contributed by atoms with Gasteiger partial charge in [0.1, 0.15) is 0 Å². The van der Waals surface area contributed by atoms with Crippen LogP contribution in [0.25, 0.3) is 0 Å². The normalized spacial score (nSPS) is 23.3. The van der Waals surface area contributed by atoms with Crippen molar-refractivity contribution in [3.8, 4) is 0 Å². The minimum absolute atomic E-state index is 0.112. The molecule has 1 aliphatic heterocycles. The Kier molecular flexibility index (Phi) is 4.80. The van der Waals surface area contributed by atoms with Gasteiger partial charge in [0.05, 0.1) is 11.5 Å². The van der Waals surface area contributed by atoms with Gasteiger partial charge in [0.25, 0.3) is 0 Å². The minimum Gasteiger partial charge on any atom is -0.339 e. The van der Waals surface area contributed by atoms with Gasteiger partial charge in [-0.15, -0.1) is 0 Å². The van der Waals surface area contributed by atoms with Gasteiger partial charge in [-0.1, -0.05) is 19.0 Å². The van der Waals surface area contributed by atoms with Gasteiger partial charge in [-0.3, -0.25) is 0 Å². The number of hydrogen-bond acceptors (Lipinski definition) is 6. The molecule has 1 aliphatic rings. The maximum Gasteiger partial charge on any atom is 0.226 e. The van der Waals surface area contributed by atoms with Gasteiger partial charge in [0.2, 0.25) is 5.89 Å². The number of aromatic nitrogens is 2. The lowest BCUT2D eigenvalue weighted by molar-refractivity contribution is 0.328. The third-order valence-corrected chi connectivity index (χ3v) is 5.45. The van der Waals surface area contributed by atoms with Gasteiger partial charge in [0.15, 0.2) is 15.7 Å². The SMILES string of the molecule is CC(C)CC(CN)Cc1nc(C2CCS(=O)(=O)C2)no1. The lowest BCUT2D eigenvalue weighted by Gasteiger charge is -2.14. The molecule has 0 amide bonds. The first kappa shape index (κ1) is 15.4. The van der Waals surface area contributed by atoms with Crippen LogP contribution in [0.1, 0.15) is 44.3 Å². The van der Waals surface area contributed by atoms with Crippen molar-refractivity contribution < 1.29 is 12.9 Å². The zero-order valence-corrected chi connectivity index (χ0v) is 12.9. The molecule has 2 heterocycles. The highest BCUT2D eigenvalue weighted by atomic mass is 32.2. The second-order valence-corrected chi connectivity index (χ2v) is 8.31. The molecule has 1 aromatic heterocycles. The zero-order valence-electron chi connectivity index (χ0n) is 12.1. The van der Waals surface area contributed by atoms with Gasteiger partial charge in [-0.2, -0.15) is 4.98 Å². The highest BCUT2D eigenvalue weighted by Gasteiger charge is 2.32. The second kappa shape index (κ2) is 6.22. The van der Waals surface area contributed by atoms with Crippen molar-refractivity contribution in [3.63, 3.8) is 0 Å². The highest BCUT2D eigenvalue weighted by Crippen LogP contribution is 2.27. The van der Waals surface area contributed by atoms with E-state index >= 15 is 0 Å². The van der Waals surface area contributed by atoms with Crippen LogP contribution in [0.2, 0.25) is 0 Å². The molecule has 0 spiro atoms. The van der Waals surface area contributed by atoms with E-state index in [0.29, 0.717) is 42.9 Å². The van der Waals surface area contributed by atoms with Crippen LogP contribution in [0.3, 0.4) is 0 Å². The minimum atomic E-state index is -2.92. The quantitative estimate of drug-likeness (QED) is 0.845. The molecule has 6 nitrogen and oxygen atoms in total. The van der Waals surface area contributed by atoms with E-state index in [1.54, 1.807) is 0 Å². The van der Waals surface area contributed by atoms with Crippen molar-refractivity contribution in [1.82, 2.24) is 10.1 Å². The average molecular weight is 301 g/mol. The summed E-state index contributed by atoms with van der Waals surface area (Å²) in [7, 11) is -2.92. The second-order valence-electron chi connectivity index (χ2n) is 6.08. The van der Waals surface area contributed by atoms with Crippen LogP contribution in [0.4, 0.5) is 0 Å². The van der Waals surface area contributed by atoms with Gasteiger partial charge in [-0.25, -0.2) is 8.42 Å². The largest absolute Gasteiger partial charge is 0.339 e. The molecule has 2 rings (SSSR count). The molecular formula is C13H23N3O3S. The predicted octanol–water partition coefficient (Wildman–Crippen LogP) is 1.14. The molecule has 114 valence electrons. The van der Waals surface area contributed by atoms with E-state index in [2.05, 4.69) is 24.0 Å². The summed E-state index contributed by atoms with van der Waals surface area (Å²) in [5, 5.41) is 3.94. The van der Waals surface area contributed by atoms with Crippen molar-refractivity contribution in [2.75, 3.05) is 18.1 Å². The number of rotatable bonds is 6. The molecule has 7 heteroatoms. The maximum atomic E-state index is 11.5. The lowest BCUT2D eigenvalue weighted by atomic mass is 9.94. The Morgan fingerprint density at radius 2 is 2.20 bits per heavy atom. The Hall–Kier alpha value is -0.950. The molecule has 2 unspecified atom stereocenters. The molecular weight excluding hydrogens is 278 g/mol. The maximum absolute atomic E-state index is 11.5. The first-order valence-electron chi connectivity index (χ1n) is 7.12. The number of nitrogens with zero attached hydrogens (tertiary/aromatic N) is 2. The smallest absolute Gasteiger partial charge is 0.226 e. The van der Waals surface area contributed by atoms with Crippen LogP contribution >= 0.6 is 0 Å². The summed E-state index contributed by atoms with van der Waals surface area (Å²) in [6, 6.07) is 0. The van der Waals surface area contributed by atoms with E-state index in [1.165, 1.54) is 0 Å². The molecule has 1 aromatic rings. The summed E-state index contributed by atoms with van der Waals surface area (Å²) in [5.74, 6) is 2.25. The summed E-state index contributed by atoms with van der Waals surface area (Å²) in [6.07, 6.45) is 2.28. The first-order valence-corrected chi connectivity index (χ1v) is 8.94. The van der Waals surface area contributed by atoms with E-state index in [-0.39, 0.29) is 17.4 Å². The topological polar surface area (TPSA) is 99.1 Å². The third-order valence-electron chi connectivity index (χ3n) is 3.68. The Bertz CT molecular complexity index is 539. The molecule has 0 radical (unpaired) electrons. The van der Waals surface area contributed by atoms with E-state index in [9.17, 15) is 8.42 Å². The van der Waals surface area contributed by atoms with E-state index in [1.807, 2.05) is 0 Å². The molecule has 1 saturated heterocycles. The molecule has 2 N–H and O–H groups in total.